The minimum Gasteiger partial charge on any atom is -0.481 e. The van der Waals surface area contributed by atoms with Crippen molar-refractivity contribution in [2.24, 2.45) is 0 Å². The lowest BCUT2D eigenvalue weighted by molar-refractivity contribution is -0.127. The highest BCUT2D eigenvalue weighted by atomic mass is 35.5. The first-order chi connectivity index (χ1) is 12.3. The number of amides is 1. The van der Waals surface area contributed by atoms with Crippen LogP contribution in [0, 0.1) is 0 Å². The molecule has 0 saturated carbocycles. The Bertz CT molecular complexity index is 810. The number of esters is 1. The molecule has 26 heavy (non-hydrogen) atoms. The van der Waals surface area contributed by atoms with Gasteiger partial charge in [-0.25, -0.2) is 4.79 Å². The van der Waals surface area contributed by atoms with Gasteiger partial charge in [0.15, 0.2) is 6.10 Å². The van der Waals surface area contributed by atoms with Crippen LogP contribution in [-0.4, -0.2) is 25.1 Å². The van der Waals surface area contributed by atoms with Crippen molar-refractivity contribution in [1.82, 2.24) is 5.32 Å². The molecule has 0 spiro atoms. The van der Waals surface area contributed by atoms with Gasteiger partial charge in [-0.1, -0.05) is 35.3 Å². The summed E-state index contributed by atoms with van der Waals surface area (Å²) in [4.78, 5) is 24.0. The van der Waals surface area contributed by atoms with Gasteiger partial charge in [0, 0.05) is 10.0 Å². The predicted molar refractivity (Wildman–Crippen MR) is 101 cm³/mol. The molecule has 5 nitrogen and oxygen atoms in total. The minimum atomic E-state index is -0.767. The Morgan fingerprint density at radius 3 is 2.46 bits per heavy atom. The van der Waals surface area contributed by atoms with Gasteiger partial charge in [0.05, 0.1) is 18.7 Å². The molecule has 138 valence electrons. The summed E-state index contributed by atoms with van der Waals surface area (Å²) >= 11 is 12.1. The first kappa shape index (κ1) is 20.1. The number of carbonyl (C=O) groups is 2. The Morgan fingerprint density at radius 1 is 1.08 bits per heavy atom. The van der Waals surface area contributed by atoms with Gasteiger partial charge in [0.1, 0.15) is 5.75 Å². The summed E-state index contributed by atoms with van der Waals surface area (Å²) in [5.41, 5.74) is 1.10. The number of ether oxygens (including phenoxy) is 2. The minimum absolute atomic E-state index is 0.313. The van der Waals surface area contributed by atoms with E-state index >= 15 is 0 Å². The molecule has 0 aliphatic rings. The van der Waals surface area contributed by atoms with Crippen LogP contribution in [0.1, 0.15) is 35.8 Å². The number of benzene rings is 2. The van der Waals surface area contributed by atoms with Gasteiger partial charge in [-0.3, -0.25) is 4.79 Å². The first-order valence-corrected chi connectivity index (χ1v) is 8.67. The first-order valence-electron chi connectivity index (χ1n) is 7.92. The SMILES string of the molecule is COC(=O)c1cccc(O[C@H](C)C(=O)N[C@H](C)c2ccc(Cl)cc2Cl)c1. The summed E-state index contributed by atoms with van der Waals surface area (Å²) in [6.07, 6.45) is -0.767. The Kier molecular flexibility index (Phi) is 6.89. The summed E-state index contributed by atoms with van der Waals surface area (Å²) in [5.74, 6) is -0.390. The van der Waals surface area contributed by atoms with Gasteiger partial charge in [-0.15, -0.1) is 0 Å². The molecular formula is C19H19Cl2NO4. The molecule has 0 fully saturated rings. The molecule has 0 aromatic heterocycles. The van der Waals surface area contributed by atoms with E-state index in [1.807, 2.05) is 6.92 Å². The van der Waals surface area contributed by atoms with Crippen LogP contribution >= 0.6 is 23.2 Å². The van der Waals surface area contributed by atoms with E-state index in [0.29, 0.717) is 21.4 Å². The summed E-state index contributed by atoms with van der Waals surface area (Å²) in [6, 6.07) is 11.2. The van der Waals surface area contributed by atoms with Crippen molar-refractivity contribution in [3.8, 4) is 5.75 Å². The normalized spacial score (nSPS) is 12.8. The second-order valence-corrected chi connectivity index (χ2v) is 6.52. The number of rotatable bonds is 6. The van der Waals surface area contributed by atoms with E-state index < -0.39 is 12.1 Å². The summed E-state index contributed by atoms with van der Waals surface area (Å²) in [5, 5.41) is 3.85. The third-order valence-electron chi connectivity index (χ3n) is 3.72. The Morgan fingerprint density at radius 2 is 1.81 bits per heavy atom. The van der Waals surface area contributed by atoms with Crippen LogP contribution in [0.3, 0.4) is 0 Å². The topological polar surface area (TPSA) is 64.6 Å². The molecule has 2 rings (SSSR count). The van der Waals surface area contributed by atoms with Crippen LogP contribution in [0.15, 0.2) is 42.5 Å². The molecule has 0 aliphatic heterocycles. The average Bonchev–Trinajstić information content (AvgIpc) is 2.60. The lowest BCUT2D eigenvalue weighted by Gasteiger charge is -2.20. The quantitative estimate of drug-likeness (QED) is 0.734. The Balaban J connectivity index is 2.02. The zero-order chi connectivity index (χ0) is 19.3. The highest BCUT2D eigenvalue weighted by Gasteiger charge is 2.19. The maximum absolute atomic E-state index is 12.4. The monoisotopic (exact) mass is 395 g/mol. The predicted octanol–water partition coefficient (Wildman–Crippen LogP) is 4.42. The second kappa shape index (κ2) is 8.92. The Labute approximate surface area is 162 Å². The van der Waals surface area contributed by atoms with Gasteiger partial charge < -0.3 is 14.8 Å². The van der Waals surface area contributed by atoms with Gasteiger partial charge >= 0.3 is 5.97 Å². The van der Waals surface area contributed by atoms with Crippen LogP contribution in [0.25, 0.3) is 0 Å². The van der Waals surface area contributed by atoms with Crippen molar-refractivity contribution in [2.45, 2.75) is 26.0 Å². The fraction of sp³-hybridized carbons (Fsp3) is 0.263. The molecule has 0 saturated heterocycles. The van der Waals surface area contributed by atoms with Crippen molar-refractivity contribution in [3.05, 3.63) is 63.6 Å². The molecule has 2 aromatic rings. The largest absolute Gasteiger partial charge is 0.481 e. The molecular weight excluding hydrogens is 377 g/mol. The van der Waals surface area contributed by atoms with Crippen LogP contribution in [0.2, 0.25) is 10.0 Å². The molecule has 0 bridgehead atoms. The number of nitrogens with one attached hydrogen (secondary N) is 1. The number of hydrogen-bond acceptors (Lipinski definition) is 4. The number of methoxy groups -OCH3 is 1. The summed E-state index contributed by atoms with van der Waals surface area (Å²) < 4.78 is 10.3. The maximum atomic E-state index is 12.4. The van der Waals surface area contributed by atoms with Crippen LogP contribution in [0.5, 0.6) is 5.75 Å². The van der Waals surface area contributed by atoms with Crippen LogP contribution in [0.4, 0.5) is 0 Å². The molecule has 0 radical (unpaired) electrons. The smallest absolute Gasteiger partial charge is 0.337 e. The molecule has 2 aromatic carbocycles. The van der Waals surface area contributed by atoms with E-state index in [4.69, 9.17) is 27.9 Å². The molecule has 0 heterocycles. The third kappa shape index (κ3) is 5.13. The molecule has 2 atom stereocenters. The number of carbonyl (C=O) groups excluding carboxylic acids is 2. The fourth-order valence-corrected chi connectivity index (χ4v) is 2.91. The van der Waals surface area contributed by atoms with Crippen molar-refractivity contribution >= 4 is 35.1 Å². The highest BCUT2D eigenvalue weighted by Crippen LogP contribution is 2.26. The maximum Gasteiger partial charge on any atom is 0.337 e. The van der Waals surface area contributed by atoms with Crippen molar-refractivity contribution < 1.29 is 19.1 Å². The average molecular weight is 396 g/mol. The molecule has 0 aliphatic carbocycles. The van der Waals surface area contributed by atoms with Crippen LogP contribution < -0.4 is 10.1 Å². The second-order valence-electron chi connectivity index (χ2n) is 5.68. The molecule has 1 N–H and O–H groups in total. The van der Waals surface area contributed by atoms with E-state index in [1.54, 1.807) is 43.3 Å². The van der Waals surface area contributed by atoms with Crippen molar-refractivity contribution in [2.75, 3.05) is 7.11 Å². The zero-order valence-electron chi connectivity index (χ0n) is 14.6. The zero-order valence-corrected chi connectivity index (χ0v) is 16.1. The highest BCUT2D eigenvalue weighted by molar-refractivity contribution is 6.35. The van der Waals surface area contributed by atoms with E-state index in [-0.39, 0.29) is 11.9 Å². The van der Waals surface area contributed by atoms with E-state index in [2.05, 4.69) is 10.1 Å². The van der Waals surface area contributed by atoms with E-state index in [0.717, 1.165) is 5.56 Å². The van der Waals surface area contributed by atoms with Gasteiger partial charge in [0.2, 0.25) is 0 Å². The van der Waals surface area contributed by atoms with Crippen LogP contribution in [-0.2, 0) is 9.53 Å². The summed E-state index contributed by atoms with van der Waals surface area (Å²) in [6.45, 7) is 3.44. The van der Waals surface area contributed by atoms with Gasteiger partial charge in [0.25, 0.3) is 5.91 Å². The number of hydrogen-bond donors (Lipinski definition) is 1. The fourth-order valence-electron chi connectivity index (χ4n) is 2.33. The molecule has 7 heteroatoms. The third-order valence-corrected chi connectivity index (χ3v) is 4.29. The van der Waals surface area contributed by atoms with Crippen molar-refractivity contribution in [3.63, 3.8) is 0 Å². The van der Waals surface area contributed by atoms with E-state index in [9.17, 15) is 9.59 Å². The Hall–Kier alpha value is -2.24. The lowest BCUT2D eigenvalue weighted by Crippen LogP contribution is -2.37. The van der Waals surface area contributed by atoms with Crippen molar-refractivity contribution in [1.29, 1.82) is 0 Å². The van der Waals surface area contributed by atoms with Gasteiger partial charge in [-0.05, 0) is 49.7 Å². The lowest BCUT2D eigenvalue weighted by atomic mass is 10.1. The molecule has 0 unspecified atom stereocenters. The summed E-state index contributed by atoms with van der Waals surface area (Å²) in [7, 11) is 1.30. The van der Waals surface area contributed by atoms with Gasteiger partial charge in [-0.2, -0.15) is 0 Å². The number of halogens is 2. The standard InChI is InChI=1S/C19H19Cl2NO4/c1-11(16-8-7-14(20)10-17(16)21)22-18(23)12(2)26-15-6-4-5-13(9-15)19(24)25-3/h4-12H,1-3H3,(H,22,23)/t11-,12-/m1/s1. The van der Waals surface area contributed by atoms with E-state index in [1.165, 1.54) is 13.2 Å². The molecule has 1 amide bonds.